The highest BCUT2D eigenvalue weighted by molar-refractivity contribution is 6.09. The Hall–Kier alpha value is -3.28. The lowest BCUT2D eigenvalue weighted by atomic mass is 9.99. The zero-order valence-electron chi connectivity index (χ0n) is 18.8. The van der Waals surface area contributed by atoms with Gasteiger partial charge in [0, 0.05) is 11.1 Å². The summed E-state index contributed by atoms with van der Waals surface area (Å²) in [6, 6.07) is 25.1. The van der Waals surface area contributed by atoms with Gasteiger partial charge >= 0.3 is 5.97 Å². The highest BCUT2D eigenvalue weighted by Gasteiger charge is 2.29. The Balaban J connectivity index is 1.54. The molecule has 0 atom stereocenters. The van der Waals surface area contributed by atoms with E-state index < -0.39 is 17.2 Å². The Morgan fingerprint density at radius 1 is 0.656 bits per heavy atom. The number of carbonyl (C=O) groups is 2. The molecule has 3 rings (SSSR count). The molecule has 0 saturated carbocycles. The number of ketones is 1. The van der Waals surface area contributed by atoms with Crippen molar-refractivity contribution in [1.82, 2.24) is 0 Å². The van der Waals surface area contributed by atoms with Crippen molar-refractivity contribution in [3.63, 3.8) is 0 Å². The third-order valence-corrected chi connectivity index (χ3v) is 4.91. The van der Waals surface area contributed by atoms with Crippen molar-refractivity contribution in [2.24, 2.45) is 0 Å². The number of ether oxygens (including phenoxy) is 1. The van der Waals surface area contributed by atoms with Crippen LogP contribution in [-0.4, -0.2) is 24.0 Å². The molecule has 0 aliphatic carbocycles. The van der Waals surface area contributed by atoms with E-state index in [4.69, 9.17) is 14.5 Å². The van der Waals surface area contributed by atoms with Crippen LogP contribution in [0.2, 0.25) is 0 Å². The van der Waals surface area contributed by atoms with E-state index in [1.807, 2.05) is 62.4 Å². The Labute approximate surface area is 188 Å². The molecule has 0 bridgehead atoms. The number of benzene rings is 3. The minimum atomic E-state index is -0.856. The maximum atomic E-state index is 12.5. The van der Waals surface area contributed by atoms with Gasteiger partial charge in [-0.15, -0.1) is 0 Å². The van der Waals surface area contributed by atoms with Crippen LogP contribution >= 0.6 is 0 Å². The quantitative estimate of drug-likeness (QED) is 0.187. The van der Waals surface area contributed by atoms with Crippen LogP contribution in [0, 0.1) is 0 Å². The van der Waals surface area contributed by atoms with E-state index in [0.717, 1.165) is 5.56 Å². The third kappa shape index (κ3) is 6.13. The Morgan fingerprint density at radius 3 is 1.75 bits per heavy atom. The van der Waals surface area contributed by atoms with Gasteiger partial charge in [0.25, 0.3) is 0 Å². The normalized spacial score (nSPS) is 11.8. The van der Waals surface area contributed by atoms with Crippen LogP contribution in [-0.2, 0) is 20.1 Å². The molecule has 5 nitrogen and oxygen atoms in total. The Kier molecular flexibility index (Phi) is 7.23. The SMILES string of the molecule is CC(C)(COC(=O)c1ccc(C(=O)c2ccccc2)cc1)OOC(C)(C)c1ccccc1. The van der Waals surface area contributed by atoms with Crippen LogP contribution in [0.25, 0.3) is 0 Å². The van der Waals surface area contributed by atoms with Gasteiger partial charge in [0.2, 0.25) is 0 Å². The summed E-state index contributed by atoms with van der Waals surface area (Å²) < 4.78 is 5.42. The van der Waals surface area contributed by atoms with E-state index in [1.165, 1.54) is 0 Å². The number of hydrogen-bond acceptors (Lipinski definition) is 5. The molecular formula is C27H28O5. The third-order valence-electron chi connectivity index (χ3n) is 4.91. The summed E-state index contributed by atoms with van der Waals surface area (Å²) in [5.41, 5.74) is 0.913. The molecule has 0 spiro atoms. The molecule has 0 saturated heterocycles. The van der Waals surface area contributed by atoms with Gasteiger partial charge in [-0.1, -0.05) is 72.8 Å². The van der Waals surface area contributed by atoms with Gasteiger partial charge in [-0.25, -0.2) is 14.6 Å². The van der Waals surface area contributed by atoms with E-state index in [9.17, 15) is 9.59 Å². The number of esters is 1. The van der Waals surface area contributed by atoms with Crippen molar-refractivity contribution >= 4 is 11.8 Å². The summed E-state index contributed by atoms with van der Waals surface area (Å²) in [7, 11) is 0. The molecule has 0 unspecified atom stereocenters. The maximum absolute atomic E-state index is 12.5. The first kappa shape index (κ1) is 23.4. The Bertz CT molecular complexity index is 1040. The summed E-state index contributed by atoms with van der Waals surface area (Å²) in [6.07, 6.45) is 0. The second kappa shape index (κ2) is 9.90. The van der Waals surface area contributed by atoms with Crippen LogP contribution in [0.3, 0.4) is 0 Å². The fourth-order valence-electron chi connectivity index (χ4n) is 2.97. The molecular weight excluding hydrogens is 404 g/mol. The molecule has 0 aromatic heterocycles. The fourth-order valence-corrected chi connectivity index (χ4v) is 2.97. The average molecular weight is 433 g/mol. The predicted octanol–water partition coefficient (Wildman–Crippen LogP) is 5.74. The molecule has 0 heterocycles. The summed E-state index contributed by atoms with van der Waals surface area (Å²) in [4.78, 5) is 36.2. The summed E-state index contributed by atoms with van der Waals surface area (Å²) in [5, 5.41) is 0. The van der Waals surface area contributed by atoms with Gasteiger partial charge in [0.15, 0.2) is 5.78 Å². The molecule has 3 aromatic rings. The lowest BCUT2D eigenvalue weighted by Gasteiger charge is -2.30. The highest BCUT2D eigenvalue weighted by atomic mass is 17.2. The van der Waals surface area contributed by atoms with Gasteiger partial charge in [-0.3, -0.25) is 4.79 Å². The number of hydrogen-bond donors (Lipinski definition) is 0. The smallest absolute Gasteiger partial charge is 0.338 e. The molecule has 0 radical (unpaired) electrons. The zero-order valence-corrected chi connectivity index (χ0v) is 18.8. The summed E-state index contributed by atoms with van der Waals surface area (Å²) >= 11 is 0. The van der Waals surface area contributed by atoms with Gasteiger partial charge < -0.3 is 4.74 Å². The summed E-state index contributed by atoms with van der Waals surface area (Å²) in [5.74, 6) is -0.596. The highest BCUT2D eigenvalue weighted by Crippen LogP contribution is 2.27. The summed E-state index contributed by atoms with van der Waals surface area (Å²) in [6.45, 7) is 7.37. The van der Waals surface area contributed by atoms with Gasteiger partial charge in [0.05, 0.1) is 5.56 Å². The molecule has 32 heavy (non-hydrogen) atoms. The molecule has 166 valence electrons. The van der Waals surface area contributed by atoms with E-state index >= 15 is 0 Å². The minimum absolute atomic E-state index is 0.00139. The van der Waals surface area contributed by atoms with Crippen LogP contribution in [0.1, 0.15) is 59.5 Å². The van der Waals surface area contributed by atoms with Crippen molar-refractivity contribution in [1.29, 1.82) is 0 Å². The number of carbonyl (C=O) groups excluding carboxylic acids is 2. The van der Waals surface area contributed by atoms with Crippen LogP contribution in [0.5, 0.6) is 0 Å². The van der Waals surface area contributed by atoms with Gasteiger partial charge in [0.1, 0.15) is 17.8 Å². The van der Waals surface area contributed by atoms with Crippen molar-refractivity contribution < 1.29 is 24.1 Å². The molecule has 3 aromatic carbocycles. The second-order valence-corrected chi connectivity index (χ2v) is 8.65. The van der Waals surface area contributed by atoms with Crippen LogP contribution < -0.4 is 0 Å². The van der Waals surface area contributed by atoms with Crippen molar-refractivity contribution in [2.45, 2.75) is 38.9 Å². The molecule has 5 heteroatoms. The zero-order chi connectivity index (χ0) is 23.2. The van der Waals surface area contributed by atoms with Gasteiger partial charge in [-0.2, -0.15) is 0 Å². The van der Waals surface area contributed by atoms with Crippen LogP contribution in [0.15, 0.2) is 84.9 Å². The lowest BCUT2D eigenvalue weighted by molar-refractivity contribution is -0.408. The van der Waals surface area contributed by atoms with E-state index in [-0.39, 0.29) is 12.4 Å². The topological polar surface area (TPSA) is 61.8 Å². The molecule has 0 fully saturated rings. The average Bonchev–Trinajstić information content (AvgIpc) is 2.82. The second-order valence-electron chi connectivity index (χ2n) is 8.65. The van der Waals surface area contributed by atoms with Gasteiger partial charge in [-0.05, 0) is 45.4 Å². The standard InChI is InChI=1S/C27H28O5/c1-26(2,31-32-27(3,4)23-13-9-6-10-14-23)19-30-25(29)22-17-15-21(16-18-22)24(28)20-11-7-5-8-12-20/h5-18H,19H2,1-4H3. The van der Waals surface area contributed by atoms with Crippen molar-refractivity contribution in [3.8, 4) is 0 Å². The maximum Gasteiger partial charge on any atom is 0.338 e. The van der Waals surface area contributed by atoms with Crippen molar-refractivity contribution in [2.75, 3.05) is 6.61 Å². The molecule has 0 aliphatic rings. The monoisotopic (exact) mass is 432 g/mol. The van der Waals surface area contributed by atoms with Crippen molar-refractivity contribution in [3.05, 3.63) is 107 Å². The fraction of sp³-hybridized carbons (Fsp3) is 0.259. The first-order chi connectivity index (χ1) is 15.2. The van der Waals surface area contributed by atoms with Crippen LogP contribution in [0.4, 0.5) is 0 Å². The first-order valence-corrected chi connectivity index (χ1v) is 10.5. The molecule has 0 aliphatic heterocycles. The van der Waals surface area contributed by atoms with E-state index in [1.54, 1.807) is 50.2 Å². The van der Waals surface area contributed by atoms with E-state index in [0.29, 0.717) is 16.7 Å². The largest absolute Gasteiger partial charge is 0.459 e. The Morgan fingerprint density at radius 2 is 1.16 bits per heavy atom. The predicted molar refractivity (Wildman–Crippen MR) is 122 cm³/mol. The first-order valence-electron chi connectivity index (χ1n) is 10.5. The minimum Gasteiger partial charge on any atom is -0.459 e. The number of rotatable bonds is 9. The molecule has 0 N–H and O–H groups in total. The molecule has 0 amide bonds. The lowest BCUT2D eigenvalue weighted by Crippen LogP contribution is -2.35. The van der Waals surface area contributed by atoms with E-state index in [2.05, 4.69) is 0 Å².